The average Bonchev–Trinajstić information content (AvgIpc) is 3.14. The molecule has 1 amide bonds. The first-order valence-corrected chi connectivity index (χ1v) is 9.95. The van der Waals surface area contributed by atoms with Crippen LogP contribution in [0.4, 0.5) is 11.4 Å². The molecule has 2 fully saturated rings. The minimum absolute atomic E-state index is 0.00855. The molecule has 28 heavy (non-hydrogen) atoms. The topological polar surface area (TPSA) is 84.7 Å². The fourth-order valence-corrected chi connectivity index (χ4v) is 4.20. The fraction of sp³-hybridized carbons (Fsp3) is 0.571. The summed E-state index contributed by atoms with van der Waals surface area (Å²) in [6, 6.07) is 4.78. The highest BCUT2D eigenvalue weighted by molar-refractivity contribution is 5.95. The summed E-state index contributed by atoms with van der Waals surface area (Å²) in [6.45, 7) is 10.8. The maximum absolute atomic E-state index is 12.6. The molecule has 0 aliphatic carbocycles. The number of ether oxygens (including phenoxy) is 1. The number of nitrogens with zero attached hydrogens (tertiary/aromatic N) is 2. The summed E-state index contributed by atoms with van der Waals surface area (Å²) in [5.74, 6) is 0.394. The summed E-state index contributed by atoms with van der Waals surface area (Å²) in [4.78, 5) is 25.9. The van der Waals surface area contributed by atoms with Crippen LogP contribution in [0, 0.1) is 22.0 Å². The lowest BCUT2D eigenvalue weighted by Gasteiger charge is -2.32. The second kappa shape index (κ2) is 8.73. The highest BCUT2D eigenvalue weighted by Crippen LogP contribution is 2.32. The van der Waals surface area contributed by atoms with Crippen molar-refractivity contribution in [2.75, 3.05) is 31.1 Å². The van der Waals surface area contributed by atoms with Crippen molar-refractivity contribution in [3.63, 3.8) is 0 Å². The van der Waals surface area contributed by atoms with Gasteiger partial charge in [-0.25, -0.2) is 0 Å². The van der Waals surface area contributed by atoms with Gasteiger partial charge in [0.1, 0.15) is 5.69 Å². The van der Waals surface area contributed by atoms with Crippen LogP contribution in [0.15, 0.2) is 30.4 Å². The standard InChI is InChI=1S/C21H29N3O4/c1-14(2)20-17(8-10-28-20)12-22-21(25)16-6-7-18(19(11-16)24(26)27)23-9-4-5-15(3)13-23/h6-7,11,15,17,20H,1,4-5,8-10,12-13H2,2-3H3,(H,22,25)/t15-,17+,20-/m0/s1. The van der Waals surface area contributed by atoms with Crippen LogP contribution < -0.4 is 10.2 Å². The summed E-state index contributed by atoms with van der Waals surface area (Å²) in [6.07, 6.45) is 2.98. The predicted octanol–water partition coefficient (Wildman–Crippen LogP) is 3.54. The van der Waals surface area contributed by atoms with E-state index in [0.29, 0.717) is 30.3 Å². The van der Waals surface area contributed by atoms with Gasteiger partial charge in [-0.1, -0.05) is 19.1 Å². The number of amides is 1. The van der Waals surface area contributed by atoms with Crippen molar-refractivity contribution in [3.8, 4) is 0 Å². The van der Waals surface area contributed by atoms with Gasteiger partial charge in [0, 0.05) is 43.8 Å². The van der Waals surface area contributed by atoms with Crippen molar-refractivity contribution in [2.45, 2.75) is 39.2 Å². The molecule has 0 aromatic heterocycles. The molecule has 152 valence electrons. The maximum Gasteiger partial charge on any atom is 0.293 e. The quantitative estimate of drug-likeness (QED) is 0.458. The molecule has 0 unspecified atom stereocenters. The molecular formula is C21H29N3O4. The first-order valence-electron chi connectivity index (χ1n) is 9.95. The van der Waals surface area contributed by atoms with Gasteiger partial charge in [0.2, 0.25) is 0 Å². The molecule has 2 aliphatic heterocycles. The molecule has 7 nitrogen and oxygen atoms in total. The molecule has 0 saturated carbocycles. The van der Waals surface area contributed by atoms with E-state index < -0.39 is 4.92 Å². The smallest absolute Gasteiger partial charge is 0.293 e. The molecule has 0 bridgehead atoms. The predicted molar refractivity (Wildman–Crippen MR) is 109 cm³/mol. The van der Waals surface area contributed by atoms with E-state index in [0.717, 1.165) is 37.9 Å². The maximum atomic E-state index is 12.6. The molecule has 1 aromatic rings. The van der Waals surface area contributed by atoms with Crippen LogP contribution in [0.5, 0.6) is 0 Å². The van der Waals surface area contributed by atoms with Gasteiger partial charge in [-0.05, 0) is 44.2 Å². The Morgan fingerprint density at radius 2 is 2.21 bits per heavy atom. The lowest BCUT2D eigenvalue weighted by molar-refractivity contribution is -0.384. The summed E-state index contributed by atoms with van der Waals surface area (Å²) in [5, 5.41) is 14.5. The molecule has 2 saturated heterocycles. The van der Waals surface area contributed by atoms with E-state index in [-0.39, 0.29) is 23.6 Å². The molecule has 1 aromatic carbocycles. The van der Waals surface area contributed by atoms with Crippen LogP contribution >= 0.6 is 0 Å². The van der Waals surface area contributed by atoms with Gasteiger partial charge >= 0.3 is 0 Å². The van der Waals surface area contributed by atoms with Gasteiger partial charge < -0.3 is 15.0 Å². The first-order chi connectivity index (χ1) is 13.4. The Balaban J connectivity index is 1.71. The van der Waals surface area contributed by atoms with Crippen molar-refractivity contribution >= 4 is 17.3 Å². The molecule has 0 spiro atoms. The van der Waals surface area contributed by atoms with Crippen molar-refractivity contribution in [2.24, 2.45) is 11.8 Å². The van der Waals surface area contributed by atoms with Gasteiger partial charge in [0.15, 0.2) is 0 Å². The first kappa shape index (κ1) is 20.3. The normalized spacial score (nSPS) is 24.8. The van der Waals surface area contributed by atoms with Gasteiger partial charge in [-0.2, -0.15) is 0 Å². The number of nitro benzene ring substituents is 1. The number of anilines is 1. The van der Waals surface area contributed by atoms with Gasteiger partial charge in [0.05, 0.1) is 11.0 Å². The van der Waals surface area contributed by atoms with Gasteiger partial charge in [-0.15, -0.1) is 0 Å². The summed E-state index contributed by atoms with van der Waals surface area (Å²) in [7, 11) is 0. The van der Waals surface area contributed by atoms with Crippen LogP contribution in [-0.4, -0.2) is 43.2 Å². The van der Waals surface area contributed by atoms with Crippen LogP contribution in [0.2, 0.25) is 0 Å². The minimum atomic E-state index is -0.396. The lowest BCUT2D eigenvalue weighted by atomic mass is 9.96. The number of rotatable bonds is 6. The lowest BCUT2D eigenvalue weighted by Crippen LogP contribution is -2.35. The van der Waals surface area contributed by atoms with Crippen molar-refractivity contribution in [1.29, 1.82) is 0 Å². The second-order valence-electron chi connectivity index (χ2n) is 8.05. The van der Waals surface area contributed by atoms with Crippen molar-refractivity contribution in [3.05, 3.63) is 46.0 Å². The molecule has 2 aliphatic rings. The largest absolute Gasteiger partial charge is 0.374 e. The van der Waals surface area contributed by atoms with E-state index in [9.17, 15) is 14.9 Å². The Morgan fingerprint density at radius 3 is 2.89 bits per heavy atom. The van der Waals surface area contributed by atoms with Crippen LogP contribution in [0.1, 0.15) is 43.5 Å². The van der Waals surface area contributed by atoms with E-state index in [1.165, 1.54) is 6.07 Å². The summed E-state index contributed by atoms with van der Waals surface area (Å²) >= 11 is 0. The Kier molecular flexibility index (Phi) is 6.34. The summed E-state index contributed by atoms with van der Waals surface area (Å²) < 4.78 is 5.66. The van der Waals surface area contributed by atoms with Crippen molar-refractivity contribution in [1.82, 2.24) is 5.32 Å². The Bertz CT molecular complexity index is 764. The zero-order chi connectivity index (χ0) is 20.3. The van der Waals surface area contributed by atoms with Crippen LogP contribution in [0.3, 0.4) is 0 Å². The Morgan fingerprint density at radius 1 is 1.43 bits per heavy atom. The molecule has 3 rings (SSSR count). The zero-order valence-corrected chi connectivity index (χ0v) is 16.6. The minimum Gasteiger partial charge on any atom is -0.374 e. The number of carbonyl (C=O) groups is 1. The van der Waals surface area contributed by atoms with Crippen LogP contribution in [0.25, 0.3) is 0 Å². The molecule has 3 atom stereocenters. The van der Waals surface area contributed by atoms with Gasteiger partial charge in [-0.3, -0.25) is 14.9 Å². The molecule has 2 heterocycles. The van der Waals surface area contributed by atoms with E-state index in [4.69, 9.17) is 4.74 Å². The van der Waals surface area contributed by atoms with E-state index >= 15 is 0 Å². The number of benzene rings is 1. The molecule has 7 heteroatoms. The van der Waals surface area contributed by atoms with Crippen molar-refractivity contribution < 1.29 is 14.5 Å². The number of carbonyl (C=O) groups excluding carboxylic acids is 1. The second-order valence-corrected chi connectivity index (χ2v) is 8.05. The number of nitro groups is 1. The average molecular weight is 387 g/mol. The third-order valence-electron chi connectivity index (χ3n) is 5.66. The SMILES string of the molecule is C=C(C)[C@@H]1OCC[C@@H]1CNC(=O)c1ccc(N2CCC[C@H](C)C2)c([N+](=O)[O-])c1. The molecular weight excluding hydrogens is 358 g/mol. The molecule has 0 radical (unpaired) electrons. The fourth-order valence-electron chi connectivity index (χ4n) is 4.20. The van der Waals surface area contributed by atoms with Crippen LogP contribution in [-0.2, 0) is 4.74 Å². The summed E-state index contributed by atoms with van der Waals surface area (Å²) in [5.41, 5.74) is 1.85. The number of piperidine rings is 1. The highest BCUT2D eigenvalue weighted by Gasteiger charge is 2.29. The highest BCUT2D eigenvalue weighted by atomic mass is 16.6. The van der Waals surface area contributed by atoms with Gasteiger partial charge in [0.25, 0.3) is 11.6 Å². The Labute approximate surface area is 165 Å². The Hall–Kier alpha value is -2.41. The van der Waals surface area contributed by atoms with E-state index in [1.54, 1.807) is 12.1 Å². The number of nitrogens with one attached hydrogen (secondary N) is 1. The van der Waals surface area contributed by atoms with E-state index in [2.05, 4.69) is 23.7 Å². The third kappa shape index (κ3) is 4.52. The number of hydrogen-bond donors (Lipinski definition) is 1. The third-order valence-corrected chi connectivity index (χ3v) is 5.66. The zero-order valence-electron chi connectivity index (χ0n) is 16.6. The number of hydrogen-bond acceptors (Lipinski definition) is 5. The molecule has 1 N–H and O–H groups in total. The monoisotopic (exact) mass is 387 g/mol. The van der Waals surface area contributed by atoms with E-state index in [1.807, 2.05) is 6.92 Å².